The molecular formula is C12H13NO5. The molecule has 0 aliphatic heterocycles. The van der Waals surface area contributed by atoms with E-state index in [4.69, 9.17) is 4.74 Å². The van der Waals surface area contributed by atoms with Crippen molar-refractivity contribution in [1.82, 2.24) is 0 Å². The molecule has 0 atom stereocenters. The van der Waals surface area contributed by atoms with Crippen LogP contribution in [0.4, 0.5) is 5.69 Å². The molecule has 0 bridgehead atoms. The fourth-order valence-corrected chi connectivity index (χ4v) is 1.30. The van der Waals surface area contributed by atoms with Crippen molar-refractivity contribution in [2.75, 3.05) is 12.4 Å². The van der Waals surface area contributed by atoms with Crippen molar-refractivity contribution in [1.29, 1.82) is 0 Å². The van der Waals surface area contributed by atoms with E-state index in [9.17, 15) is 14.4 Å². The highest BCUT2D eigenvalue weighted by molar-refractivity contribution is 5.94. The molecule has 0 heterocycles. The summed E-state index contributed by atoms with van der Waals surface area (Å²) >= 11 is 0. The molecule has 1 aromatic rings. The van der Waals surface area contributed by atoms with Crippen LogP contribution in [0.15, 0.2) is 18.2 Å². The Balaban J connectivity index is 3.15. The summed E-state index contributed by atoms with van der Waals surface area (Å²) in [4.78, 5) is 33.3. The van der Waals surface area contributed by atoms with Gasteiger partial charge in [0.15, 0.2) is 5.75 Å². The Hall–Kier alpha value is -2.37. The van der Waals surface area contributed by atoms with E-state index in [1.807, 2.05) is 0 Å². The summed E-state index contributed by atoms with van der Waals surface area (Å²) in [6.07, 6.45) is 0. The van der Waals surface area contributed by atoms with Gasteiger partial charge in [-0.15, -0.1) is 0 Å². The molecule has 0 saturated carbocycles. The normalized spacial score (nSPS) is 9.50. The number of carbonyl (C=O) groups excluding carboxylic acids is 3. The zero-order chi connectivity index (χ0) is 13.7. The number of carbonyl (C=O) groups is 3. The number of hydrogen-bond acceptors (Lipinski definition) is 5. The molecule has 0 aromatic heterocycles. The fraction of sp³-hybridized carbons (Fsp3) is 0.250. The van der Waals surface area contributed by atoms with Gasteiger partial charge < -0.3 is 14.8 Å². The summed E-state index contributed by atoms with van der Waals surface area (Å²) in [6, 6.07) is 4.26. The third kappa shape index (κ3) is 3.58. The van der Waals surface area contributed by atoms with E-state index < -0.39 is 11.9 Å². The number of esters is 2. The molecule has 0 aliphatic carbocycles. The third-order valence-electron chi connectivity index (χ3n) is 1.97. The summed E-state index contributed by atoms with van der Waals surface area (Å²) in [7, 11) is 1.25. The van der Waals surface area contributed by atoms with Crippen LogP contribution in [0.5, 0.6) is 5.75 Å². The molecule has 6 heteroatoms. The van der Waals surface area contributed by atoms with Crippen LogP contribution in [0.25, 0.3) is 0 Å². The number of anilines is 1. The minimum absolute atomic E-state index is 0.0978. The van der Waals surface area contributed by atoms with Crippen LogP contribution in [0.3, 0.4) is 0 Å². The molecule has 0 unspecified atom stereocenters. The molecule has 96 valence electrons. The first-order valence-corrected chi connectivity index (χ1v) is 5.12. The largest absolute Gasteiger partial charge is 0.465 e. The van der Waals surface area contributed by atoms with Crippen LogP contribution < -0.4 is 10.1 Å². The summed E-state index contributed by atoms with van der Waals surface area (Å²) in [6.45, 7) is 2.55. The standard InChI is InChI=1S/C12H13NO5/c1-7(14)13-10-5-4-9(12(16)17-3)6-11(10)18-8(2)15/h4-6H,1-3H3,(H,13,14). The second-order valence-electron chi connectivity index (χ2n) is 3.48. The van der Waals surface area contributed by atoms with Gasteiger partial charge in [-0.1, -0.05) is 0 Å². The molecule has 0 aliphatic rings. The summed E-state index contributed by atoms with van der Waals surface area (Å²) in [5.41, 5.74) is 0.535. The Labute approximate surface area is 104 Å². The Kier molecular flexibility index (Phi) is 4.42. The van der Waals surface area contributed by atoms with Gasteiger partial charge in [-0.3, -0.25) is 9.59 Å². The first-order valence-electron chi connectivity index (χ1n) is 5.12. The van der Waals surface area contributed by atoms with Crippen LogP contribution in [0.1, 0.15) is 24.2 Å². The van der Waals surface area contributed by atoms with E-state index in [1.54, 1.807) is 0 Å². The van der Waals surface area contributed by atoms with Gasteiger partial charge in [0.1, 0.15) is 0 Å². The molecule has 6 nitrogen and oxygen atoms in total. The molecular weight excluding hydrogens is 238 g/mol. The summed E-state index contributed by atoms with van der Waals surface area (Å²) < 4.78 is 9.47. The molecule has 0 radical (unpaired) electrons. The number of ether oxygens (including phenoxy) is 2. The van der Waals surface area contributed by atoms with Gasteiger partial charge >= 0.3 is 11.9 Å². The minimum atomic E-state index is -0.558. The zero-order valence-electron chi connectivity index (χ0n) is 10.3. The molecule has 0 spiro atoms. The second kappa shape index (κ2) is 5.81. The van der Waals surface area contributed by atoms with Crippen LogP contribution >= 0.6 is 0 Å². The van der Waals surface area contributed by atoms with Crippen LogP contribution in [-0.4, -0.2) is 25.0 Å². The topological polar surface area (TPSA) is 81.7 Å². The predicted octanol–water partition coefficient (Wildman–Crippen LogP) is 1.36. The number of hydrogen-bond donors (Lipinski definition) is 1. The molecule has 0 fully saturated rings. The average molecular weight is 251 g/mol. The van der Waals surface area contributed by atoms with Gasteiger partial charge in [-0.05, 0) is 18.2 Å². The highest BCUT2D eigenvalue weighted by Gasteiger charge is 2.13. The Morgan fingerprint density at radius 2 is 1.83 bits per heavy atom. The van der Waals surface area contributed by atoms with Gasteiger partial charge in [-0.2, -0.15) is 0 Å². The lowest BCUT2D eigenvalue weighted by atomic mass is 10.2. The van der Waals surface area contributed by atoms with E-state index in [1.165, 1.54) is 39.2 Å². The Bertz CT molecular complexity index is 495. The Morgan fingerprint density at radius 1 is 1.17 bits per heavy atom. The summed E-state index contributed by atoms with van der Waals surface area (Å²) in [5, 5.41) is 2.49. The van der Waals surface area contributed by atoms with Gasteiger partial charge in [0.05, 0.1) is 18.4 Å². The lowest BCUT2D eigenvalue weighted by Crippen LogP contribution is -2.11. The van der Waals surface area contributed by atoms with Crippen LogP contribution in [0.2, 0.25) is 0 Å². The van der Waals surface area contributed by atoms with E-state index in [2.05, 4.69) is 10.1 Å². The van der Waals surface area contributed by atoms with E-state index in [0.29, 0.717) is 5.69 Å². The highest BCUT2D eigenvalue weighted by atomic mass is 16.5. The third-order valence-corrected chi connectivity index (χ3v) is 1.97. The fourth-order valence-electron chi connectivity index (χ4n) is 1.30. The van der Waals surface area contributed by atoms with Crippen molar-refractivity contribution in [3.8, 4) is 5.75 Å². The molecule has 1 amide bonds. The SMILES string of the molecule is COC(=O)c1ccc(NC(C)=O)c(OC(C)=O)c1. The zero-order valence-corrected chi connectivity index (χ0v) is 10.3. The lowest BCUT2D eigenvalue weighted by molar-refractivity contribution is -0.131. The molecule has 1 aromatic carbocycles. The monoisotopic (exact) mass is 251 g/mol. The van der Waals surface area contributed by atoms with Crippen molar-refractivity contribution >= 4 is 23.5 Å². The Morgan fingerprint density at radius 3 is 2.33 bits per heavy atom. The predicted molar refractivity (Wildman–Crippen MR) is 63.4 cm³/mol. The maximum Gasteiger partial charge on any atom is 0.337 e. The van der Waals surface area contributed by atoms with E-state index in [0.717, 1.165) is 0 Å². The minimum Gasteiger partial charge on any atom is -0.465 e. The lowest BCUT2D eigenvalue weighted by Gasteiger charge is -2.10. The number of benzene rings is 1. The van der Waals surface area contributed by atoms with Crippen LogP contribution in [-0.2, 0) is 14.3 Å². The molecule has 18 heavy (non-hydrogen) atoms. The smallest absolute Gasteiger partial charge is 0.337 e. The number of amides is 1. The number of rotatable bonds is 3. The molecule has 1 N–H and O–H groups in total. The maximum atomic E-state index is 11.3. The molecule has 1 rings (SSSR count). The van der Waals surface area contributed by atoms with Gasteiger partial charge in [0.2, 0.25) is 5.91 Å². The second-order valence-corrected chi connectivity index (χ2v) is 3.48. The van der Waals surface area contributed by atoms with Crippen molar-refractivity contribution in [3.05, 3.63) is 23.8 Å². The number of methoxy groups -OCH3 is 1. The highest BCUT2D eigenvalue weighted by Crippen LogP contribution is 2.26. The van der Waals surface area contributed by atoms with E-state index >= 15 is 0 Å². The van der Waals surface area contributed by atoms with E-state index in [-0.39, 0.29) is 17.2 Å². The van der Waals surface area contributed by atoms with Gasteiger partial charge in [0.25, 0.3) is 0 Å². The van der Waals surface area contributed by atoms with Gasteiger partial charge in [0, 0.05) is 13.8 Å². The van der Waals surface area contributed by atoms with Gasteiger partial charge in [-0.25, -0.2) is 4.79 Å². The maximum absolute atomic E-state index is 11.3. The van der Waals surface area contributed by atoms with Crippen LogP contribution in [0, 0.1) is 0 Å². The van der Waals surface area contributed by atoms with Crippen molar-refractivity contribution < 1.29 is 23.9 Å². The number of nitrogens with one attached hydrogen (secondary N) is 1. The average Bonchev–Trinajstić information content (AvgIpc) is 2.29. The first-order chi connectivity index (χ1) is 8.43. The first kappa shape index (κ1) is 13.7. The van der Waals surface area contributed by atoms with Crippen molar-refractivity contribution in [2.24, 2.45) is 0 Å². The van der Waals surface area contributed by atoms with Crippen molar-refractivity contribution in [2.45, 2.75) is 13.8 Å². The quantitative estimate of drug-likeness (QED) is 0.647. The summed E-state index contributed by atoms with van der Waals surface area (Å²) in [5.74, 6) is -1.32. The van der Waals surface area contributed by atoms with Crippen molar-refractivity contribution in [3.63, 3.8) is 0 Å². The molecule has 0 saturated heterocycles.